The van der Waals surface area contributed by atoms with E-state index in [9.17, 15) is 0 Å². The number of hydrogen-bond acceptors (Lipinski definition) is 2. The van der Waals surface area contributed by atoms with Gasteiger partial charge in [0.25, 0.3) is 0 Å². The fourth-order valence-corrected chi connectivity index (χ4v) is 2.66. The monoisotopic (exact) mass is 312 g/mol. The lowest BCUT2D eigenvalue weighted by Gasteiger charge is -2.34. The van der Waals surface area contributed by atoms with Gasteiger partial charge in [-0.3, -0.25) is 0 Å². The Morgan fingerprint density at radius 2 is 1.36 bits per heavy atom. The number of rotatable bonds is 12. The van der Waals surface area contributed by atoms with Crippen LogP contribution in [-0.4, -0.2) is 37.1 Å². The Morgan fingerprint density at radius 1 is 0.818 bits per heavy atom. The van der Waals surface area contributed by atoms with E-state index in [1.54, 1.807) is 0 Å². The quantitative estimate of drug-likeness (QED) is 0.499. The number of hydrogen-bond donors (Lipinski definition) is 1. The van der Waals surface area contributed by atoms with Crippen molar-refractivity contribution in [1.82, 2.24) is 10.2 Å². The van der Waals surface area contributed by atoms with Crippen molar-refractivity contribution in [2.75, 3.05) is 26.7 Å². The Balaban J connectivity index is 3.60. The Kier molecular flexibility index (Phi) is 11.4. The van der Waals surface area contributed by atoms with Crippen molar-refractivity contribution >= 4 is 0 Å². The normalized spacial score (nSPS) is 15.5. The molecule has 1 N–H and O–H groups in total. The molecule has 0 aromatic rings. The van der Waals surface area contributed by atoms with Crippen molar-refractivity contribution in [3.8, 4) is 0 Å². The highest BCUT2D eigenvalue weighted by Gasteiger charge is 2.18. The van der Waals surface area contributed by atoms with Gasteiger partial charge in [0.15, 0.2) is 0 Å². The van der Waals surface area contributed by atoms with Crippen LogP contribution in [0.2, 0.25) is 0 Å². The van der Waals surface area contributed by atoms with E-state index in [1.165, 1.54) is 51.7 Å². The van der Waals surface area contributed by atoms with E-state index in [4.69, 9.17) is 0 Å². The molecule has 0 saturated heterocycles. The van der Waals surface area contributed by atoms with E-state index in [2.05, 4.69) is 65.7 Å². The molecule has 0 aliphatic carbocycles. The summed E-state index contributed by atoms with van der Waals surface area (Å²) in [5.74, 6) is 2.48. The lowest BCUT2D eigenvalue weighted by atomic mass is 9.95. The van der Waals surface area contributed by atoms with Crippen LogP contribution < -0.4 is 5.32 Å². The van der Waals surface area contributed by atoms with E-state index in [1.807, 2.05) is 0 Å². The summed E-state index contributed by atoms with van der Waals surface area (Å²) in [4.78, 5) is 2.49. The Bertz CT molecular complexity index is 255. The van der Waals surface area contributed by atoms with Gasteiger partial charge in [0.05, 0.1) is 0 Å². The van der Waals surface area contributed by atoms with Crippen molar-refractivity contribution in [2.45, 2.75) is 86.1 Å². The van der Waals surface area contributed by atoms with Crippen molar-refractivity contribution in [2.24, 2.45) is 17.8 Å². The lowest BCUT2D eigenvalue weighted by molar-refractivity contribution is 0.149. The molecule has 0 aromatic carbocycles. The van der Waals surface area contributed by atoms with Crippen LogP contribution in [0.5, 0.6) is 0 Å². The Hall–Kier alpha value is -0.0800. The van der Waals surface area contributed by atoms with Crippen LogP contribution in [0.3, 0.4) is 0 Å². The summed E-state index contributed by atoms with van der Waals surface area (Å²) in [6, 6.07) is 0. The summed E-state index contributed by atoms with van der Waals surface area (Å²) in [5.41, 5.74) is 0.295. The molecule has 0 bridgehead atoms. The molecule has 0 radical (unpaired) electrons. The average Bonchev–Trinajstić information content (AvgIpc) is 2.36. The largest absolute Gasteiger partial charge is 0.317 e. The predicted molar refractivity (Wildman–Crippen MR) is 102 cm³/mol. The highest BCUT2D eigenvalue weighted by Crippen LogP contribution is 2.18. The van der Waals surface area contributed by atoms with Crippen LogP contribution in [0.25, 0.3) is 0 Å². The van der Waals surface area contributed by atoms with Gasteiger partial charge >= 0.3 is 0 Å². The second-order valence-corrected chi connectivity index (χ2v) is 8.91. The molecular formula is C20H44N2. The molecule has 0 amide bonds. The molecule has 0 heterocycles. The van der Waals surface area contributed by atoms with Crippen LogP contribution >= 0.6 is 0 Å². The maximum Gasteiger partial charge on any atom is 0.0122 e. The summed E-state index contributed by atoms with van der Waals surface area (Å²) in [5, 5.41) is 3.58. The fourth-order valence-electron chi connectivity index (χ4n) is 2.66. The second kappa shape index (κ2) is 11.5. The van der Waals surface area contributed by atoms with Crippen LogP contribution in [0.4, 0.5) is 0 Å². The standard InChI is InChI=1S/C20H44N2/c1-17(2)12-14-21-15-13-18(3)10-9-11-19(4)16-22(8)20(5,6)7/h17-19,21H,9-16H2,1-8H3. The Morgan fingerprint density at radius 3 is 1.91 bits per heavy atom. The van der Waals surface area contributed by atoms with Crippen molar-refractivity contribution in [3.63, 3.8) is 0 Å². The minimum Gasteiger partial charge on any atom is -0.317 e. The van der Waals surface area contributed by atoms with Gasteiger partial charge in [0.1, 0.15) is 0 Å². The molecule has 0 spiro atoms. The fraction of sp³-hybridized carbons (Fsp3) is 1.00. The first-order valence-corrected chi connectivity index (χ1v) is 9.54. The second-order valence-electron chi connectivity index (χ2n) is 8.91. The van der Waals surface area contributed by atoms with E-state index >= 15 is 0 Å². The van der Waals surface area contributed by atoms with Gasteiger partial charge < -0.3 is 10.2 Å². The third-order valence-electron chi connectivity index (χ3n) is 4.84. The highest BCUT2D eigenvalue weighted by molar-refractivity contribution is 4.74. The zero-order chi connectivity index (χ0) is 17.2. The summed E-state index contributed by atoms with van der Waals surface area (Å²) < 4.78 is 0. The van der Waals surface area contributed by atoms with Gasteiger partial charge in [-0.1, -0.05) is 40.5 Å². The van der Waals surface area contributed by atoms with Gasteiger partial charge in [0, 0.05) is 12.1 Å². The molecule has 0 aromatic heterocycles. The van der Waals surface area contributed by atoms with Crippen LogP contribution in [-0.2, 0) is 0 Å². The molecule has 0 aliphatic heterocycles. The van der Waals surface area contributed by atoms with E-state index in [-0.39, 0.29) is 0 Å². The topological polar surface area (TPSA) is 15.3 Å². The lowest BCUT2D eigenvalue weighted by Crippen LogP contribution is -2.40. The van der Waals surface area contributed by atoms with Crippen LogP contribution in [0, 0.1) is 17.8 Å². The third-order valence-corrected chi connectivity index (χ3v) is 4.84. The molecule has 0 fully saturated rings. The first kappa shape index (κ1) is 21.9. The average molecular weight is 313 g/mol. The van der Waals surface area contributed by atoms with E-state index in [0.29, 0.717) is 5.54 Å². The Labute approximate surface area is 141 Å². The number of nitrogens with zero attached hydrogens (tertiary/aromatic N) is 1. The van der Waals surface area contributed by atoms with E-state index < -0.39 is 0 Å². The summed E-state index contributed by atoms with van der Waals surface area (Å²) in [6.45, 7) is 19.9. The van der Waals surface area contributed by atoms with Gasteiger partial charge in [0.2, 0.25) is 0 Å². The van der Waals surface area contributed by atoms with Crippen molar-refractivity contribution in [1.29, 1.82) is 0 Å². The van der Waals surface area contributed by atoms with Crippen molar-refractivity contribution < 1.29 is 0 Å². The molecule has 0 rings (SSSR count). The summed E-state index contributed by atoms with van der Waals surface area (Å²) in [6.07, 6.45) is 6.76. The zero-order valence-corrected chi connectivity index (χ0v) is 16.8. The predicted octanol–water partition coefficient (Wildman–Crippen LogP) is 5.19. The molecule has 134 valence electrons. The molecule has 0 aliphatic rings. The van der Waals surface area contributed by atoms with Gasteiger partial charge in [-0.2, -0.15) is 0 Å². The van der Waals surface area contributed by atoms with E-state index in [0.717, 1.165) is 17.8 Å². The van der Waals surface area contributed by atoms with Crippen LogP contribution in [0.15, 0.2) is 0 Å². The number of nitrogens with one attached hydrogen (secondary N) is 1. The third kappa shape index (κ3) is 12.5. The van der Waals surface area contributed by atoms with Gasteiger partial charge in [-0.05, 0) is 77.9 Å². The molecule has 2 unspecified atom stereocenters. The first-order chi connectivity index (χ1) is 10.1. The molecule has 2 heteroatoms. The zero-order valence-electron chi connectivity index (χ0n) is 16.8. The maximum atomic E-state index is 3.58. The van der Waals surface area contributed by atoms with Gasteiger partial charge in [-0.15, -0.1) is 0 Å². The molecule has 22 heavy (non-hydrogen) atoms. The first-order valence-electron chi connectivity index (χ1n) is 9.54. The minimum absolute atomic E-state index is 0.295. The summed E-state index contributed by atoms with van der Waals surface area (Å²) >= 11 is 0. The maximum absolute atomic E-state index is 3.58. The van der Waals surface area contributed by atoms with Crippen molar-refractivity contribution in [3.05, 3.63) is 0 Å². The SMILES string of the molecule is CC(C)CCNCCC(C)CCCC(C)CN(C)C(C)(C)C. The molecular weight excluding hydrogens is 268 g/mol. The molecule has 2 nitrogen and oxygen atoms in total. The molecule has 0 saturated carbocycles. The molecule has 2 atom stereocenters. The summed E-state index contributed by atoms with van der Waals surface area (Å²) in [7, 11) is 2.25. The van der Waals surface area contributed by atoms with Gasteiger partial charge in [-0.25, -0.2) is 0 Å². The van der Waals surface area contributed by atoms with Crippen LogP contribution in [0.1, 0.15) is 80.6 Å². The highest BCUT2D eigenvalue weighted by atomic mass is 15.2. The smallest absolute Gasteiger partial charge is 0.0122 e. The minimum atomic E-state index is 0.295.